The smallest absolute Gasteiger partial charge is 0.252 e. The fraction of sp³-hybridized carbons (Fsp3) is 0.579. The summed E-state index contributed by atoms with van der Waals surface area (Å²) in [6, 6.07) is 6.88. The quantitative estimate of drug-likeness (QED) is 0.682. The van der Waals surface area contributed by atoms with Crippen LogP contribution in [-0.2, 0) is 4.79 Å². The fourth-order valence-corrected chi connectivity index (χ4v) is 2.96. The molecule has 3 N–H and O–H groups in total. The highest BCUT2D eigenvalue weighted by molar-refractivity contribution is 5.98. The van der Waals surface area contributed by atoms with Crippen molar-refractivity contribution < 1.29 is 9.59 Å². The number of carbonyl (C=O) groups excluding carboxylic acids is 2. The van der Waals surface area contributed by atoms with Crippen LogP contribution < -0.4 is 16.0 Å². The first kappa shape index (κ1) is 19.4. The van der Waals surface area contributed by atoms with Gasteiger partial charge >= 0.3 is 0 Å². The molecule has 138 valence electrons. The third kappa shape index (κ3) is 5.83. The number of nitrogens with one attached hydrogen (secondary N) is 3. The lowest BCUT2D eigenvalue weighted by atomic mass is 10.0. The molecule has 1 aliphatic rings. The Morgan fingerprint density at radius 2 is 1.88 bits per heavy atom. The SMILES string of the molecule is Cc1ccccc1C(=O)NC(C(=O)NCCN1CCNCC1)C(C)C. The Bertz CT molecular complexity index is 583. The topological polar surface area (TPSA) is 73.5 Å². The van der Waals surface area contributed by atoms with Crippen LogP contribution in [0.3, 0.4) is 0 Å². The highest BCUT2D eigenvalue weighted by Gasteiger charge is 2.25. The van der Waals surface area contributed by atoms with Crippen LogP contribution in [-0.4, -0.2) is 62.0 Å². The van der Waals surface area contributed by atoms with E-state index in [-0.39, 0.29) is 17.7 Å². The van der Waals surface area contributed by atoms with Gasteiger partial charge in [-0.2, -0.15) is 0 Å². The van der Waals surface area contributed by atoms with Crippen LogP contribution in [0.5, 0.6) is 0 Å². The van der Waals surface area contributed by atoms with Gasteiger partial charge < -0.3 is 16.0 Å². The lowest BCUT2D eigenvalue weighted by Crippen LogP contribution is -2.52. The number of hydrogen-bond donors (Lipinski definition) is 3. The molecule has 0 bridgehead atoms. The number of rotatable bonds is 7. The second-order valence-corrected chi connectivity index (χ2v) is 6.89. The highest BCUT2D eigenvalue weighted by Crippen LogP contribution is 2.09. The van der Waals surface area contributed by atoms with E-state index in [0.717, 1.165) is 38.3 Å². The highest BCUT2D eigenvalue weighted by atomic mass is 16.2. The molecule has 1 atom stereocenters. The van der Waals surface area contributed by atoms with Gasteiger partial charge in [0, 0.05) is 44.8 Å². The molecular formula is C19H30N4O2. The second kappa shape index (κ2) is 9.53. The predicted octanol–water partition coefficient (Wildman–Crippen LogP) is 0.771. The van der Waals surface area contributed by atoms with Crippen molar-refractivity contribution in [3.05, 3.63) is 35.4 Å². The molecule has 1 aromatic rings. The Kier molecular flexibility index (Phi) is 7.40. The van der Waals surface area contributed by atoms with Crippen molar-refractivity contribution in [3.8, 4) is 0 Å². The summed E-state index contributed by atoms with van der Waals surface area (Å²) in [4.78, 5) is 27.3. The van der Waals surface area contributed by atoms with Crippen molar-refractivity contribution in [1.29, 1.82) is 0 Å². The van der Waals surface area contributed by atoms with Gasteiger partial charge in [0.15, 0.2) is 0 Å². The molecule has 1 heterocycles. The van der Waals surface area contributed by atoms with Crippen LogP contribution in [0.4, 0.5) is 0 Å². The van der Waals surface area contributed by atoms with E-state index in [2.05, 4.69) is 20.9 Å². The minimum atomic E-state index is -0.532. The first-order valence-corrected chi connectivity index (χ1v) is 9.06. The molecule has 1 saturated heterocycles. The van der Waals surface area contributed by atoms with Gasteiger partial charge in [-0.3, -0.25) is 14.5 Å². The average Bonchev–Trinajstić information content (AvgIpc) is 2.60. The molecule has 2 rings (SSSR count). The van der Waals surface area contributed by atoms with Gasteiger partial charge in [-0.05, 0) is 24.5 Å². The molecule has 0 aromatic heterocycles. The van der Waals surface area contributed by atoms with E-state index in [1.807, 2.05) is 39.0 Å². The number of benzene rings is 1. The number of hydrogen-bond acceptors (Lipinski definition) is 4. The average molecular weight is 346 g/mol. The summed E-state index contributed by atoms with van der Waals surface area (Å²) in [7, 11) is 0. The first-order chi connectivity index (χ1) is 12.0. The molecule has 1 aromatic carbocycles. The summed E-state index contributed by atoms with van der Waals surface area (Å²) >= 11 is 0. The zero-order valence-electron chi connectivity index (χ0n) is 15.5. The number of aryl methyl sites for hydroxylation is 1. The molecule has 0 radical (unpaired) electrons. The summed E-state index contributed by atoms with van der Waals surface area (Å²) in [6.07, 6.45) is 0. The van der Waals surface area contributed by atoms with E-state index in [1.54, 1.807) is 6.07 Å². The first-order valence-electron chi connectivity index (χ1n) is 9.06. The maximum Gasteiger partial charge on any atom is 0.252 e. The third-order valence-corrected chi connectivity index (χ3v) is 4.56. The van der Waals surface area contributed by atoms with Gasteiger partial charge in [0.2, 0.25) is 5.91 Å². The maximum absolute atomic E-state index is 12.5. The monoisotopic (exact) mass is 346 g/mol. The van der Waals surface area contributed by atoms with Crippen LogP contribution >= 0.6 is 0 Å². The molecular weight excluding hydrogens is 316 g/mol. The van der Waals surface area contributed by atoms with Crippen molar-refractivity contribution in [2.75, 3.05) is 39.3 Å². The second-order valence-electron chi connectivity index (χ2n) is 6.89. The molecule has 0 aliphatic carbocycles. The van der Waals surface area contributed by atoms with Crippen LogP contribution in [0.1, 0.15) is 29.8 Å². The third-order valence-electron chi connectivity index (χ3n) is 4.56. The Morgan fingerprint density at radius 3 is 2.52 bits per heavy atom. The Balaban J connectivity index is 1.87. The zero-order chi connectivity index (χ0) is 18.2. The lowest BCUT2D eigenvalue weighted by molar-refractivity contribution is -0.124. The number of carbonyl (C=O) groups is 2. The molecule has 1 fully saturated rings. The molecule has 1 unspecified atom stereocenters. The van der Waals surface area contributed by atoms with Crippen LogP contribution in [0.2, 0.25) is 0 Å². The van der Waals surface area contributed by atoms with E-state index >= 15 is 0 Å². The molecule has 6 heteroatoms. The fourth-order valence-electron chi connectivity index (χ4n) is 2.96. The number of amides is 2. The summed E-state index contributed by atoms with van der Waals surface area (Å²) in [5, 5.41) is 9.17. The van der Waals surface area contributed by atoms with Crippen LogP contribution in [0.25, 0.3) is 0 Å². The predicted molar refractivity (Wildman–Crippen MR) is 99.6 cm³/mol. The summed E-state index contributed by atoms with van der Waals surface area (Å²) in [5.41, 5.74) is 1.52. The van der Waals surface area contributed by atoms with E-state index in [1.165, 1.54) is 0 Å². The Labute approximate surface area is 150 Å². The molecule has 1 aliphatic heterocycles. The normalized spacial score (nSPS) is 16.5. The minimum absolute atomic E-state index is 0.0205. The lowest BCUT2D eigenvalue weighted by Gasteiger charge is -2.28. The van der Waals surface area contributed by atoms with Gasteiger partial charge in [0.05, 0.1) is 0 Å². The van der Waals surface area contributed by atoms with Crippen molar-refractivity contribution in [2.24, 2.45) is 5.92 Å². The Morgan fingerprint density at radius 1 is 1.20 bits per heavy atom. The molecule has 0 spiro atoms. The standard InChI is InChI=1S/C19H30N4O2/c1-14(2)17(22-18(24)16-7-5-4-6-15(16)3)19(25)21-10-13-23-11-8-20-9-12-23/h4-7,14,17,20H,8-13H2,1-3H3,(H,21,25)(H,22,24). The molecule has 2 amide bonds. The van der Waals surface area contributed by atoms with E-state index in [9.17, 15) is 9.59 Å². The van der Waals surface area contributed by atoms with Gasteiger partial charge in [-0.1, -0.05) is 32.0 Å². The summed E-state index contributed by atoms with van der Waals surface area (Å²) in [6.45, 7) is 11.2. The van der Waals surface area contributed by atoms with Crippen molar-refractivity contribution in [1.82, 2.24) is 20.9 Å². The maximum atomic E-state index is 12.5. The van der Waals surface area contributed by atoms with Crippen molar-refractivity contribution >= 4 is 11.8 Å². The largest absolute Gasteiger partial charge is 0.353 e. The van der Waals surface area contributed by atoms with Gasteiger partial charge in [0.25, 0.3) is 5.91 Å². The van der Waals surface area contributed by atoms with Gasteiger partial charge in [-0.15, -0.1) is 0 Å². The van der Waals surface area contributed by atoms with E-state index in [0.29, 0.717) is 12.1 Å². The van der Waals surface area contributed by atoms with Gasteiger partial charge in [0.1, 0.15) is 6.04 Å². The number of piperazine rings is 1. The van der Waals surface area contributed by atoms with Gasteiger partial charge in [-0.25, -0.2) is 0 Å². The Hall–Kier alpha value is -1.92. The van der Waals surface area contributed by atoms with E-state index < -0.39 is 6.04 Å². The molecule has 6 nitrogen and oxygen atoms in total. The van der Waals surface area contributed by atoms with Crippen LogP contribution in [0.15, 0.2) is 24.3 Å². The van der Waals surface area contributed by atoms with Crippen molar-refractivity contribution in [2.45, 2.75) is 26.8 Å². The number of nitrogens with zero attached hydrogens (tertiary/aromatic N) is 1. The minimum Gasteiger partial charge on any atom is -0.353 e. The molecule has 0 saturated carbocycles. The summed E-state index contributed by atoms with van der Waals surface area (Å²) < 4.78 is 0. The molecule has 25 heavy (non-hydrogen) atoms. The van der Waals surface area contributed by atoms with E-state index in [4.69, 9.17) is 0 Å². The van der Waals surface area contributed by atoms with Crippen molar-refractivity contribution in [3.63, 3.8) is 0 Å². The summed E-state index contributed by atoms with van der Waals surface area (Å²) in [5.74, 6) is -0.298. The zero-order valence-corrected chi connectivity index (χ0v) is 15.5. The van der Waals surface area contributed by atoms with Crippen LogP contribution in [0, 0.1) is 12.8 Å².